The normalized spacial score (nSPS) is 11.9. The van der Waals surface area contributed by atoms with E-state index in [1.165, 1.54) is 12.1 Å². The van der Waals surface area contributed by atoms with E-state index in [1.54, 1.807) is 13.0 Å². The summed E-state index contributed by atoms with van der Waals surface area (Å²) in [6, 6.07) is 9.57. The molecule has 1 unspecified atom stereocenters. The third-order valence-corrected chi connectivity index (χ3v) is 3.80. The second-order valence-corrected chi connectivity index (χ2v) is 5.56. The number of fused-ring (bicyclic) bond motifs is 1. The number of nitro benzene ring substituents is 1. The number of carbonyl (C=O) groups excluding carboxylic acids is 1. The highest BCUT2D eigenvalue weighted by Gasteiger charge is 2.22. The van der Waals surface area contributed by atoms with Crippen LogP contribution < -0.4 is 5.32 Å². The Kier molecular flexibility index (Phi) is 4.78. The topological polar surface area (TPSA) is 112 Å². The van der Waals surface area contributed by atoms with Gasteiger partial charge in [-0.2, -0.15) is 0 Å². The lowest BCUT2D eigenvalue weighted by atomic mass is 10.1. The minimum atomic E-state index is -0.733. The van der Waals surface area contributed by atoms with Crippen LogP contribution in [0.1, 0.15) is 36.1 Å². The molecule has 0 aliphatic rings. The zero-order chi connectivity index (χ0) is 18.7. The molecule has 26 heavy (non-hydrogen) atoms. The number of pyridine rings is 1. The highest BCUT2D eigenvalue weighted by Crippen LogP contribution is 2.26. The Labute approximate surface area is 148 Å². The Morgan fingerprint density at radius 3 is 2.88 bits per heavy atom. The van der Waals surface area contributed by atoms with E-state index in [1.807, 2.05) is 35.7 Å². The van der Waals surface area contributed by atoms with Gasteiger partial charge in [0.05, 0.1) is 17.6 Å². The van der Waals surface area contributed by atoms with Crippen molar-refractivity contribution in [2.45, 2.75) is 19.9 Å². The van der Waals surface area contributed by atoms with Crippen LogP contribution in [0.4, 0.5) is 11.4 Å². The number of rotatable bonds is 6. The Morgan fingerprint density at radius 2 is 2.15 bits per heavy atom. The number of hydrogen-bond acceptors (Lipinski definition) is 7. The fraction of sp³-hybridized carbons (Fsp3) is 0.235. The summed E-state index contributed by atoms with van der Waals surface area (Å²) >= 11 is 0. The van der Waals surface area contributed by atoms with Crippen LogP contribution in [0.25, 0.3) is 5.65 Å². The highest BCUT2D eigenvalue weighted by molar-refractivity contribution is 5.95. The summed E-state index contributed by atoms with van der Waals surface area (Å²) in [6.45, 7) is 3.66. The first-order valence-electron chi connectivity index (χ1n) is 8.03. The molecule has 3 aromatic rings. The number of nitrogens with one attached hydrogen (secondary N) is 1. The third kappa shape index (κ3) is 3.32. The number of esters is 1. The molecule has 2 heterocycles. The van der Waals surface area contributed by atoms with E-state index in [2.05, 4.69) is 15.5 Å². The molecule has 9 nitrogen and oxygen atoms in total. The number of anilines is 1. The average Bonchev–Trinajstić information content (AvgIpc) is 3.06. The predicted molar refractivity (Wildman–Crippen MR) is 94.1 cm³/mol. The third-order valence-electron chi connectivity index (χ3n) is 3.80. The first-order chi connectivity index (χ1) is 12.5. The maximum Gasteiger partial charge on any atom is 0.345 e. The Balaban J connectivity index is 1.90. The molecule has 2 aromatic heterocycles. The van der Waals surface area contributed by atoms with Crippen molar-refractivity contribution in [3.05, 3.63) is 64.1 Å². The summed E-state index contributed by atoms with van der Waals surface area (Å²) in [5.74, 6) is -0.0555. The number of carbonyl (C=O) groups is 1. The van der Waals surface area contributed by atoms with Crippen molar-refractivity contribution < 1.29 is 14.5 Å². The molecule has 3 rings (SSSR count). The van der Waals surface area contributed by atoms with Gasteiger partial charge >= 0.3 is 5.97 Å². The monoisotopic (exact) mass is 355 g/mol. The largest absolute Gasteiger partial charge is 0.462 e. The minimum absolute atomic E-state index is 0.0971. The van der Waals surface area contributed by atoms with Crippen LogP contribution in [0.3, 0.4) is 0 Å². The minimum Gasteiger partial charge on any atom is -0.462 e. The van der Waals surface area contributed by atoms with Crippen LogP contribution in [0.5, 0.6) is 0 Å². The number of hydrogen-bond donors (Lipinski definition) is 1. The summed E-state index contributed by atoms with van der Waals surface area (Å²) < 4.78 is 6.75. The molecule has 0 fully saturated rings. The van der Waals surface area contributed by atoms with Crippen LogP contribution in [-0.4, -0.2) is 32.1 Å². The van der Waals surface area contributed by atoms with E-state index in [0.29, 0.717) is 17.2 Å². The van der Waals surface area contributed by atoms with Gasteiger partial charge in [-0.05, 0) is 38.1 Å². The van der Waals surface area contributed by atoms with Crippen molar-refractivity contribution >= 4 is 23.0 Å². The molecule has 134 valence electrons. The molecule has 1 aromatic carbocycles. The van der Waals surface area contributed by atoms with Gasteiger partial charge in [0, 0.05) is 18.0 Å². The molecule has 0 aliphatic carbocycles. The quantitative estimate of drug-likeness (QED) is 0.411. The fourth-order valence-corrected chi connectivity index (χ4v) is 2.63. The summed E-state index contributed by atoms with van der Waals surface area (Å²) in [5.41, 5.74) is 0.862. The van der Waals surface area contributed by atoms with Gasteiger partial charge in [-0.15, -0.1) is 10.2 Å². The molecular formula is C17H17N5O4. The van der Waals surface area contributed by atoms with Gasteiger partial charge in [-0.25, -0.2) is 4.79 Å². The Bertz CT molecular complexity index is 969. The summed E-state index contributed by atoms with van der Waals surface area (Å²) in [7, 11) is 0. The predicted octanol–water partition coefficient (Wildman–Crippen LogP) is 2.99. The van der Waals surface area contributed by atoms with Crippen LogP contribution >= 0.6 is 0 Å². The number of nitro groups is 1. The van der Waals surface area contributed by atoms with Crippen LogP contribution in [-0.2, 0) is 4.74 Å². The van der Waals surface area contributed by atoms with E-state index >= 15 is 0 Å². The van der Waals surface area contributed by atoms with Gasteiger partial charge in [0.1, 0.15) is 5.56 Å². The summed E-state index contributed by atoms with van der Waals surface area (Å²) in [4.78, 5) is 22.6. The van der Waals surface area contributed by atoms with E-state index in [-0.39, 0.29) is 23.9 Å². The molecule has 0 saturated heterocycles. The first-order valence-corrected chi connectivity index (χ1v) is 8.03. The van der Waals surface area contributed by atoms with Gasteiger partial charge in [-0.3, -0.25) is 14.5 Å². The molecule has 9 heteroatoms. The van der Waals surface area contributed by atoms with Crippen LogP contribution in [0.2, 0.25) is 0 Å². The van der Waals surface area contributed by atoms with E-state index in [9.17, 15) is 14.9 Å². The molecule has 1 N–H and O–H groups in total. The lowest BCUT2D eigenvalue weighted by Gasteiger charge is -2.14. The van der Waals surface area contributed by atoms with Crippen molar-refractivity contribution in [1.29, 1.82) is 0 Å². The van der Waals surface area contributed by atoms with E-state index in [0.717, 1.165) is 0 Å². The number of nitrogens with zero attached hydrogens (tertiary/aromatic N) is 4. The smallest absolute Gasteiger partial charge is 0.345 e. The lowest BCUT2D eigenvalue weighted by molar-refractivity contribution is -0.385. The van der Waals surface area contributed by atoms with Gasteiger partial charge in [0.15, 0.2) is 11.5 Å². The van der Waals surface area contributed by atoms with Crippen LogP contribution in [0, 0.1) is 10.1 Å². The molecule has 0 saturated carbocycles. The van der Waals surface area contributed by atoms with Crippen molar-refractivity contribution in [3.63, 3.8) is 0 Å². The van der Waals surface area contributed by atoms with Crippen molar-refractivity contribution in [1.82, 2.24) is 14.6 Å². The molecule has 0 bridgehead atoms. The van der Waals surface area contributed by atoms with Crippen LogP contribution in [0.15, 0.2) is 42.6 Å². The Hall–Kier alpha value is -3.49. The maximum absolute atomic E-state index is 12.0. The highest BCUT2D eigenvalue weighted by atomic mass is 16.6. The molecule has 0 aliphatic heterocycles. The second-order valence-electron chi connectivity index (χ2n) is 5.56. The zero-order valence-corrected chi connectivity index (χ0v) is 14.2. The Morgan fingerprint density at radius 1 is 1.35 bits per heavy atom. The average molecular weight is 355 g/mol. The lowest BCUT2D eigenvalue weighted by Crippen LogP contribution is -2.12. The van der Waals surface area contributed by atoms with Crippen molar-refractivity contribution in [2.75, 3.05) is 11.9 Å². The number of aromatic nitrogens is 3. The summed E-state index contributed by atoms with van der Waals surface area (Å²) in [5, 5.41) is 22.6. The standard InChI is InChI=1S/C17H17N5O4/c1-3-26-17(23)13-10-12(7-8-14(13)22(24)25)18-11(2)16-20-19-15-6-4-5-9-21(15)16/h4-11,18H,3H2,1-2H3. The fourth-order valence-electron chi connectivity index (χ4n) is 2.63. The van der Waals surface area contributed by atoms with Gasteiger partial charge in [0.2, 0.25) is 0 Å². The molecule has 1 atom stereocenters. The number of benzene rings is 1. The second kappa shape index (κ2) is 7.18. The molecule has 0 amide bonds. The molecule has 0 spiro atoms. The SMILES string of the molecule is CCOC(=O)c1cc(NC(C)c2nnc3ccccn23)ccc1[N+](=O)[O-]. The zero-order valence-electron chi connectivity index (χ0n) is 14.2. The van der Waals surface area contributed by atoms with Gasteiger partial charge in [0.25, 0.3) is 5.69 Å². The van der Waals surface area contributed by atoms with Crippen molar-refractivity contribution in [3.8, 4) is 0 Å². The first kappa shape index (κ1) is 17.3. The van der Waals surface area contributed by atoms with E-state index in [4.69, 9.17) is 4.74 Å². The van der Waals surface area contributed by atoms with Crippen molar-refractivity contribution in [2.24, 2.45) is 0 Å². The molecule has 0 radical (unpaired) electrons. The number of ether oxygens (including phenoxy) is 1. The van der Waals surface area contributed by atoms with E-state index < -0.39 is 10.9 Å². The maximum atomic E-state index is 12.0. The van der Waals surface area contributed by atoms with Gasteiger partial charge in [-0.1, -0.05) is 6.07 Å². The van der Waals surface area contributed by atoms with Gasteiger partial charge < -0.3 is 10.1 Å². The summed E-state index contributed by atoms with van der Waals surface area (Å²) in [6.07, 6.45) is 1.85. The molecular weight excluding hydrogens is 338 g/mol.